The van der Waals surface area contributed by atoms with Gasteiger partial charge < -0.3 is 10.1 Å². The Balaban J connectivity index is 1.91. The van der Waals surface area contributed by atoms with E-state index in [1.165, 1.54) is 29.8 Å². The van der Waals surface area contributed by atoms with Gasteiger partial charge in [0.1, 0.15) is 11.6 Å². The fraction of sp³-hybridized carbons (Fsp3) is 0.278. The second-order valence-electron chi connectivity index (χ2n) is 5.15. The van der Waals surface area contributed by atoms with Gasteiger partial charge in [-0.1, -0.05) is 25.5 Å². The lowest BCUT2D eigenvalue weighted by atomic mass is 10.1. The van der Waals surface area contributed by atoms with Gasteiger partial charge in [-0.15, -0.1) is 0 Å². The molecule has 0 saturated carbocycles. The number of rotatable bonds is 6. The number of benzene rings is 2. The molecular weight excluding hydrogens is 281 g/mol. The van der Waals surface area contributed by atoms with Gasteiger partial charge in [0.15, 0.2) is 6.10 Å². The zero-order valence-electron chi connectivity index (χ0n) is 12.8. The number of halogens is 1. The van der Waals surface area contributed by atoms with E-state index in [9.17, 15) is 9.18 Å². The number of nitrogens with one attached hydrogen (secondary N) is 1. The molecule has 22 heavy (non-hydrogen) atoms. The molecule has 1 atom stereocenters. The molecule has 3 nitrogen and oxygen atoms in total. The molecule has 1 N–H and O–H groups in total. The highest BCUT2D eigenvalue weighted by Gasteiger charge is 2.14. The van der Waals surface area contributed by atoms with Crippen molar-refractivity contribution in [3.05, 3.63) is 59.9 Å². The first kappa shape index (κ1) is 16.0. The Morgan fingerprint density at radius 1 is 1.14 bits per heavy atom. The van der Waals surface area contributed by atoms with Crippen LogP contribution in [0.15, 0.2) is 48.5 Å². The van der Waals surface area contributed by atoms with E-state index in [4.69, 9.17) is 4.74 Å². The fourth-order valence-corrected chi connectivity index (χ4v) is 2.06. The Kier molecular flexibility index (Phi) is 5.53. The standard InChI is InChI=1S/C18H20FNO2/c1-3-4-14-5-11-17(12-6-14)22-13(2)18(21)20-16-9-7-15(19)8-10-16/h5-13H,3-4H2,1-2H3,(H,20,21). The van der Waals surface area contributed by atoms with Crippen LogP contribution in [0.1, 0.15) is 25.8 Å². The van der Waals surface area contributed by atoms with Gasteiger partial charge >= 0.3 is 0 Å². The van der Waals surface area contributed by atoms with Crippen molar-refractivity contribution in [1.29, 1.82) is 0 Å². The highest BCUT2D eigenvalue weighted by atomic mass is 19.1. The van der Waals surface area contributed by atoms with Crippen molar-refractivity contribution in [3.8, 4) is 5.75 Å². The summed E-state index contributed by atoms with van der Waals surface area (Å²) in [5.74, 6) is 0.0420. The molecule has 0 aliphatic carbocycles. The molecule has 0 heterocycles. The summed E-state index contributed by atoms with van der Waals surface area (Å²) in [6, 6.07) is 13.4. The van der Waals surface area contributed by atoms with Crippen molar-refractivity contribution in [2.45, 2.75) is 32.8 Å². The van der Waals surface area contributed by atoms with Crippen LogP contribution in [0.2, 0.25) is 0 Å². The number of anilines is 1. The Hall–Kier alpha value is -2.36. The molecule has 2 rings (SSSR count). The van der Waals surface area contributed by atoms with E-state index in [1.54, 1.807) is 6.92 Å². The van der Waals surface area contributed by atoms with E-state index in [0.29, 0.717) is 11.4 Å². The highest BCUT2D eigenvalue weighted by molar-refractivity contribution is 5.94. The molecule has 0 bridgehead atoms. The largest absolute Gasteiger partial charge is 0.481 e. The molecule has 4 heteroatoms. The molecule has 0 radical (unpaired) electrons. The van der Waals surface area contributed by atoms with Crippen LogP contribution in [0.3, 0.4) is 0 Å². The SMILES string of the molecule is CCCc1ccc(OC(C)C(=O)Nc2ccc(F)cc2)cc1. The summed E-state index contributed by atoms with van der Waals surface area (Å²) < 4.78 is 18.4. The quantitative estimate of drug-likeness (QED) is 0.869. The number of carbonyl (C=O) groups is 1. The minimum absolute atomic E-state index is 0.274. The van der Waals surface area contributed by atoms with Gasteiger partial charge in [0.2, 0.25) is 0 Å². The van der Waals surface area contributed by atoms with E-state index in [0.717, 1.165) is 12.8 Å². The molecular formula is C18H20FNO2. The van der Waals surface area contributed by atoms with Crippen molar-refractivity contribution < 1.29 is 13.9 Å². The number of aryl methyl sites for hydroxylation is 1. The van der Waals surface area contributed by atoms with Crippen molar-refractivity contribution >= 4 is 11.6 Å². The summed E-state index contributed by atoms with van der Waals surface area (Å²) >= 11 is 0. The minimum atomic E-state index is -0.637. The van der Waals surface area contributed by atoms with Gasteiger partial charge in [-0.3, -0.25) is 4.79 Å². The number of carbonyl (C=O) groups excluding carboxylic acids is 1. The van der Waals surface area contributed by atoms with Crippen molar-refractivity contribution in [1.82, 2.24) is 0 Å². The number of hydrogen-bond donors (Lipinski definition) is 1. The molecule has 0 spiro atoms. The second-order valence-corrected chi connectivity index (χ2v) is 5.15. The first-order valence-corrected chi connectivity index (χ1v) is 7.40. The molecule has 2 aromatic carbocycles. The van der Waals surface area contributed by atoms with Gasteiger partial charge in [0, 0.05) is 5.69 Å². The summed E-state index contributed by atoms with van der Waals surface area (Å²) in [6.07, 6.45) is 1.49. The zero-order chi connectivity index (χ0) is 15.9. The lowest BCUT2D eigenvalue weighted by Crippen LogP contribution is -2.30. The van der Waals surface area contributed by atoms with Crippen LogP contribution in [0.5, 0.6) is 5.75 Å². The summed E-state index contributed by atoms with van der Waals surface area (Å²) in [6.45, 7) is 3.81. The lowest BCUT2D eigenvalue weighted by molar-refractivity contribution is -0.122. The number of hydrogen-bond acceptors (Lipinski definition) is 2. The Morgan fingerprint density at radius 3 is 2.36 bits per heavy atom. The van der Waals surface area contributed by atoms with E-state index >= 15 is 0 Å². The maximum atomic E-state index is 12.8. The van der Waals surface area contributed by atoms with E-state index in [2.05, 4.69) is 12.2 Å². The van der Waals surface area contributed by atoms with E-state index in [-0.39, 0.29) is 11.7 Å². The Morgan fingerprint density at radius 2 is 1.77 bits per heavy atom. The molecule has 2 aromatic rings. The van der Waals surface area contributed by atoms with Crippen LogP contribution in [-0.2, 0) is 11.2 Å². The van der Waals surface area contributed by atoms with Gasteiger partial charge in [-0.05, 0) is 55.3 Å². The van der Waals surface area contributed by atoms with Crippen molar-refractivity contribution in [3.63, 3.8) is 0 Å². The van der Waals surface area contributed by atoms with E-state index in [1.807, 2.05) is 24.3 Å². The third kappa shape index (κ3) is 4.58. The third-order valence-electron chi connectivity index (χ3n) is 3.26. The normalized spacial score (nSPS) is 11.8. The predicted molar refractivity (Wildman–Crippen MR) is 85.6 cm³/mol. The molecule has 0 aliphatic heterocycles. The smallest absolute Gasteiger partial charge is 0.265 e. The topological polar surface area (TPSA) is 38.3 Å². The van der Waals surface area contributed by atoms with Crippen LogP contribution < -0.4 is 10.1 Å². The number of ether oxygens (including phenoxy) is 1. The van der Waals surface area contributed by atoms with Crippen molar-refractivity contribution in [2.24, 2.45) is 0 Å². The maximum Gasteiger partial charge on any atom is 0.265 e. The van der Waals surface area contributed by atoms with Gasteiger partial charge in [0.25, 0.3) is 5.91 Å². The monoisotopic (exact) mass is 301 g/mol. The zero-order valence-corrected chi connectivity index (χ0v) is 12.8. The first-order chi connectivity index (χ1) is 10.6. The predicted octanol–water partition coefficient (Wildman–Crippen LogP) is 4.18. The molecule has 0 fully saturated rings. The second kappa shape index (κ2) is 7.59. The molecule has 1 unspecified atom stereocenters. The van der Waals surface area contributed by atoms with Gasteiger partial charge in [-0.2, -0.15) is 0 Å². The van der Waals surface area contributed by atoms with Gasteiger partial charge in [0.05, 0.1) is 0 Å². The summed E-state index contributed by atoms with van der Waals surface area (Å²) in [5, 5.41) is 2.69. The summed E-state index contributed by atoms with van der Waals surface area (Å²) in [4.78, 5) is 12.0. The molecule has 0 aliphatic rings. The Bertz CT molecular complexity index is 608. The Labute approximate surface area is 130 Å². The maximum absolute atomic E-state index is 12.8. The average Bonchev–Trinajstić information content (AvgIpc) is 2.51. The van der Waals surface area contributed by atoms with Crippen LogP contribution in [0.4, 0.5) is 10.1 Å². The van der Waals surface area contributed by atoms with Crippen LogP contribution in [0, 0.1) is 5.82 Å². The van der Waals surface area contributed by atoms with Crippen LogP contribution >= 0.6 is 0 Å². The summed E-state index contributed by atoms with van der Waals surface area (Å²) in [5.41, 5.74) is 1.79. The van der Waals surface area contributed by atoms with Crippen LogP contribution in [0.25, 0.3) is 0 Å². The minimum Gasteiger partial charge on any atom is -0.481 e. The molecule has 0 aromatic heterocycles. The lowest BCUT2D eigenvalue weighted by Gasteiger charge is -2.15. The highest BCUT2D eigenvalue weighted by Crippen LogP contribution is 2.16. The number of amides is 1. The summed E-state index contributed by atoms with van der Waals surface area (Å²) in [7, 11) is 0. The molecule has 0 saturated heterocycles. The van der Waals surface area contributed by atoms with Crippen LogP contribution in [-0.4, -0.2) is 12.0 Å². The van der Waals surface area contributed by atoms with Gasteiger partial charge in [-0.25, -0.2) is 4.39 Å². The molecule has 116 valence electrons. The first-order valence-electron chi connectivity index (χ1n) is 7.40. The van der Waals surface area contributed by atoms with E-state index < -0.39 is 6.10 Å². The van der Waals surface area contributed by atoms with Crippen molar-refractivity contribution in [2.75, 3.05) is 5.32 Å². The third-order valence-corrected chi connectivity index (χ3v) is 3.26. The fourth-order valence-electron chi connectivity index (χ4n) is 2.06. The average molecular weight is 301 g/mol. The molecule has 1 amide bonds.